The highest BCUT2D eigenvalue weighted by Gasteiger charge is 2.34. The van der Waals surface area contributed by atoms with Gasteiger partial charge in [0.05, 0.1) is 5.92 Å². The van der Waals surface area contributed by atoms with Gasteiger partial charge in [0.2, 0.25) is 6.29 Å². The van der Waals surface area contributed by atoms with Crippen molar-refractivity contribution < 1.29 is 29.0 Å². The van der Waals surface area contributed by atoms with Crippen LogP contribution in [0.25, 0.3) is 0 Å². The predicted molar refractivity (Wildman–Crippen MR) is 82.2 cm³/mol. The number of aliphatic carboxylic acids is 1. The number of hydrogen-bond acceptors (Lipinski definition) is 6. The molecule has 0 aromatic carbocycles. The number of esters is 2. The van der Waals surface area contributed by atoms with Crippen LogP contribution in [0.4, 0.5) is 0 Å². The van der Waals surface area contributed by atoms with Crippen LogP contribution in [0.15, 0.2) is 0 Å². The van der Waals surface area contributed by atoms with Gasteiger partial charge in [0.15, 0.2) is 0 Å². The van der Waals surface area contributed by atoms with Crippen LogP contribution in [-0.2, 0) is 23.9 Å². The van der Waals surface area contributed by atoms with Crippen LogP contribution in [-0.4, -0.2) is 35.3 Å². The quantitative estimate of drug-likeness (QED) is 0.539. The molecule has 2 atom stereocenters. The number of ether oxygens (including phenoxy) is 2. The van der Waals surface area contributed by atoms with Crippen molar-refractivity contribution in [1.29, 1.82) is 0 Å². The van der Waals surface area contributed by atoms with E-state index < -0.39 is 30.2 Å². The maximum Gasteiger partial charge on any atom is 0.326 e. The first-order valence-electron chi connectivity index (χ1n) is 8.14. The first kappa shape index (κ1) is 19.4. The third-order valence-electron chi connectivity index (χ3n) is 4.21. The standard InChI is InChI=1S/C16H27NO6/c1-4-12(18)22-16(9(2)3)23-15(21)13(17)10-5-7-11(8-6-10)14(19)20/h9-11,13,16H,4-8,17H2,1-3H3,(H,19,20)/t10-,11-,13?,16?. The van der Waals surface area contributed by atoms with Gasteiger partial charge in [0, 0.05) is 12.3 Å². The van der Waals surface area contributed by atoms with Gasteiger partial charge in [0.25, 0.3) is 0 Å². The lowest BCUT2D eigenvalue weighted by molar-refractivity contribution is -0.197. The molecule has 0 radical (unpaired) electrons. The number of carbonyl (C=O) groups is 3. The summed E-state index contributed by atoms with van der Waals surface area (Å²) in [7, 11) is 0. The van der Waals surface area contributed by atoms with E-state index >= 15 is 0 Å². The number of hydrogen-bond donors (Lipinski definition) is 2. The van der Waals surface area contributed by atoms with Gasteiger partial charge in [-0.15, -0.1) is 0 Å². The Labute approximate surface area is 136 Å². The van der Waals surface area contributed by atoms with Crippen molar-refractivity contribution in [2.45, 2.75) is 65.2 Å². The van der Waals surface area contributed by atoms with Crippen molar-refractivity contribution in [3.63, 3.8) is 0 Å². The van der Waals surface area contributed by atoms with E-state index in [1.807, 2.05) is 0 Å². The maximum atomic E-state index is 12.2. The van der Waals surface area contributed by atoms with Crippen molar-refractivity contribution in [2.24, 2.45) is 23.5 Å². The zero-order valence-electron chi connectivity index (χ0n) is 14.0. The van der Waals surface area contributed by atoms with E-state index in [0.717, 1.165) is 0 Å². The normalized spacial score (nSPS) is 23.9. The number of rotatable bonds is 7. The van der Waals surface area contributed by atoms with E-state index in [4.69, 9.17) is 20.3 Å². The molecule has 0 heterocycles. The van der Waals surface area contributed by atoms with Crippen molar-refractivity contribution in [2.75, 3.05) is 0 Å². The molecule has 1 saturated carbocycles. The van der Waals surface area contributed by atoms with E-state index in [1.54, 1.807) is 20.8 Å². The molecule has 2 unspecified atom stereocenters. The monoisotopic (exact) mass is 329 g/mol. The molecule has 23 heavy (non-hydrogen) atoms. The summed E-state index contributed by atoms with van der Waals surface area (Å²) in [6, 6.07) is -0.827. The molecule has 0 saturated heterocycles. The minimum atomic E-state index is -0.948. The van der Waals surface area contributed by atoms with Crippen LogP contribution in [0.3, 0.4) is 0 Å². The molecule has 1 aliphatic rings. The van der Waals surface area contributed by atoms with E-state index in [0.29, 0.717) is 25.7 Å². The maximum absolute atomic E-state index is 12.2. The Hall–Kier alpha value is -1.63. The Kier molecular flexibility index (Phi) is 7.48. The summed E-state index contributed by atoms with van der Waals surface area (Å²) in [5.74, 6) is -2.48. The molecule has 1 fully saturated rings. The lowest BCUT2D eigenvalue weighted by atomic mass is 9.79. The van der Waals surface area contributed by atoms with Crippen LogP contribution in [0.2, 0.25) is 0 Å². The first-order valence-corrected chi connectivity index (χ1v) is 8.14. The zero-order chi connectivity index (χ0) is 17.6. The second kappa shape index (κ2) is 8.86. The van der Waals surface area contributed by atoms with Crippen molar-refractivity contribution >= 4 is 17.9 Å². The Bertz CT molecular complexity index is 428. The highest BCUT2D eigenvalue weighted by atomic mass is 16.7. The van der Waals surface area contributed by atoms with Crippen LogP contribution in [0.1, 0.15) is 52.9 Å². The van der Waals surface area contributed by atoms with Gasteiger partial charge in [-0.2, -0.15) is 0 Å². The minimum absolute atomic E-state index is 0.104. The van der Waals surface area contributed by atoms with Gasteiger partial charge in [-0.3, -0.25) is 14.4 Å². The Morgan fingerprint density at radius 2 is 1.70 bits per heavy atom. The number of carboxylic acids is 1. The third-order valence-corrected chi connectivity index (χ3v) is 4.21. The molecule has 0 amide bonds. The zero-order valence-corrected chi connectivity index (χ0v) is 14.0. The molecule has 3 N–H and O–H groups in total. The number of carboxylic acid groups (broad SMARTS) is 1. The molecule has 7 nitrogen and oxygen atoms in total. The van der Waals surface area contributed by atoms with Crippen molar-refractivity contribution in [1.82, 2.24) is 0 Å². The van der Waals surface area contributed by atoms with E-state index in [2.05, 4.69) is 0 Å². The molecule has 0 bridgehead atoms. The second-order valence-electron chi connectivity index (χ2n) is 6.37. The fourth-order valence-electron chi connectivity index (χ4n) is 2.62. The first-order chi connectivity index (χ1) is 10.8. The van der Waals surface area contributed by atoms with Gasteiger partial charge in [-0.1, -0.05) is 20.8 Å². The van der Waals surface area contributed by atoms with Crippen LogP contribution in [0.5, 0.6) is 0 Å². The van der Waals surface area contributed by atoms with Gasteiger partial charge in [-0.05, 0) is 31.6 Å². The molecule has 0 aromatic heterocycles. The Balaban J connectivity index is 2.55. The summed E-state index contributed by atoms with van der Waals surface area (Å²) in [5.41, 5.74) is 5.96. The van der Waals surface area contributed by atoms with E-state index in [-0.39, 0.29) is 24.2 Å². The summed E-state index contributed by atoms with van der Waals surface area (Å²) in [5, 5.41) is 8.99. The van der Waals surface area contributed by atoms with Gasteiger partial charge in [-0.25, -0.2) is 0 Å². The smallest absolute Gasteiger partial charge is 0.326 e. The molecular formula is C16H27NO6. The van der Waals surface area contributed by atoms with E-state index in [1.165, 1.54) is 0 Å². The summed E-state index contributed by atoms with van der Waals surface area (Å²) < 4.78 is 10.4. The minimum Gasteiger partial charge on any atom is -0.481 e. The van der Waals surface area contributed by atoms with Gasteiger partial charge < -0.3 is 20.3 Å². The topological polar surface area (TPSA) is 116 Å². The Morgan fingerprint density at radius 3 is 2.13 bits per heavy atom. The second-order valence-corrected chi connectivity index (χ2v) is 6.37. The summed E-state index contributed by atoms with van der Waals surface area (Å²) >= 11 is 0. The fraction of sp³-hybridized carbons (Fsp3) is 0.812. The third kappa shape index (κ3) is 5.82. The van der Waals surface area contributed by atoms with Crippen LogP contribution in [0, 0.1) is 17.8 Å². The average Bonchev–Trinajstić information content (AvgIpc) is 2.53. The number of nitrogens with two attached hydrogens (primary N) is 1. The summed E-state index contributed by atoms with van der Waals surface area (Å²) in [6.45, 7) is 5.23. The molecule has 0 aliphatic heterocycles. The highest BCUT2D eigenvalue weighted by Crippen LogP contribution is 2.31. The Morgan fingerprint density at radius 1 is 1.13 bits per heavy atom. The molecule has 7 heteroatoms. The highest BCUT2D eigenvalue weighted by molar-refractivity contribution is 5.76. The predicted octanol–water partition coefficient (Wildman–Crippen LogP) is 1.68. The molecule has 132 valence electrons. The lowest BCUT2D eigenvalue weighted by Crippen LogP contribution is -2.44. The van der Waals surface area contributed by atoms with E-state index in [9.17, 15) is 14.4 Å². The lowest BCUT2D eigenvalue weighted by Gasteiger charge is -2.30. The van der Waals surface area contributed by atoms with Crippen LogP contribution >= 0.6 is 0 Å². The molecule has 1 aliphatic carbocycles. The largest absolute Gasteiger partial charge is 0.481 e. The molecular weight excluding hydrogens is 302 g/mol. The molecule has 1 rings (SSSR count). The summed E-state index contributed by atoms with van der Waals surface area (Å²) in [6.07, 6.45) is 1.43. The molecule has 0 spiro atoms. The van der Waals surface area contributed by atoms with Gasteiger partial charge >= 0.3 is 17.9 Å². The molecule has 0 aromatic rings. The SMILES string of the molecule is CCC(=O)OC(OC(=O)C(N)[C@H]1CC[C@H](C(=O)O)CC1)C(C)C. The van der Waals surface area contributed by atoms with Crippen LogP contribution < -0.4 is 5.73 Å². The fourth-order valence-corrected chi connectivity index (χ4v) is 2.62. The number of carbonyl (C=O) groups excluding carboxylic acids is 2. The summed E-state index contributed by atoms with van der Waals surface area (Å²) in [4.78, 5) is 34.5. The average molecular weight is 329 g/mol. The van der Waals surface area contributed by atoms with Crippen molar-refractivity contribution in [3.8, 4) is 0 Å². The van der Waals surface area contributed by atoms with Gasteiger partial charge in [0.1, 0.15) is 6.04 Å². The van der Waals surface area contributed by atoms with Crippen molar-refractivity contribution in [3.05, 3.63) is 0 Å².